The lowest BCUT2D eigenvalue weighted by molar-refractivity contribution is -0.136. The molecule has 1 unspecified atom stereocenters. The van der Waals surface area contributed by atoms with Gasteiger partial charge in [-0.1, -0.05) is 45.0 Å². The smallest absolute Gasteiger partial charge is 0.256 e. The molecule has 0 saturated carbocycles. The number of amides is 1. The molecule has 1 amide bonds. The van der Waals surface area contributed by atoms with E-state index in [1.54, 1.807) is 14.0 Å². The molecule has 0 saturated heterocycles. The van der Waals surface area contributed by atoms with Gasteiger partial charge < -0.3 is 14.8 Å². The zero-order chi connectivity index (χ0) is 17.7. The summed E-state index contributed by atoms with van der Waals surface area (Å²) in [5.74, 6) is 1.14. The molecule has 4 nitrogen and oxygen atoms in total. The minimum absolute atomic E-state index is 0.145. The molecule has 0 bridgehead atoms. The van der Waals surface area contributed by atoms with Gasteiger partial charge in [-0.05, 0) is 31.4 Å². The summed E-state index contributed by atoms with van der Waals surface area (Å²) in [6, 6.07) is 11.7. The van der Waals surface area contributed by atoms with E-state index in [9.17, 15) is 4.79 Å². The number of hydrogen-bond acceptors (Lipinski definition) is 3. The number of hydrogen-bond donors (Lipinski definition) is 1. The standard InChI is InChI=1S/C20H27NO3/c1-6-20(4,23-5)19(22)21-17-11-12-18(24-13-14(2)3)16-10-8-7-9-15(16)17/h7-12,14H,6,13H2,1-5H3,(H,21,22). The van der Waals surface area contributed by atoms with E-state index in [1.807, 2.05) is 43.3 Å². The van der Waals surface area contributed by atoms with Crippen molar-refractivity contribution >= 4 is 22.4 Å². The quantitative estimate of drug-likeness (QED) is 0.806. The highest BCUT2D eigenvalue weighted by molar-refractivity contribution is 6.06. The second kappa shape index (κ2) is 7.67. The SMILES string of the molecule is CCC(C)(OC)C(=O)Nc1ccc(OCC(C)C)c2ccccc12. The molecule has 0 spiro atoms. The van der Waals surface area contributed by atoms with Gasteiger partial charge in [0.15, 0.2) is 0 Å². The Morgan fingerprint density at radius 2 is 1.83 bits per heavy atom. The average molecular weight is 329 g/mol. The van der Waals surface area contributed by atoms with Crippen LogP contribution in [0.5, 0.6) is 5.75 Å². The van der Waals surface area contributed by atoms with E-state index in [1.165, 1.54) is 0 Å². The lowest BCUT2D eigenvalue weighted by Gasteiger charge is -2.25. The molecule has 2 rings (SSSR count). The summed E-state index contributed by atoms with van der Waals surface area (Å²) >= 11 is 0. The number of anilines is 1. The minimum atomic E-state index is -0.839. The number of methoxy groups -OCH3 is 1. The van der Waals surface area contributed by atoms with Crippen molar-refractivity contribution in [3.05, 3.63) is 36.4 Å². The molecule has 0 aliphatic heterocycles. The summed E-state index contributed by atoms with van der Waals surface area (Å²) in [7, 11) is 1.56. The maximum Gasteiger partial charge on any atom is 0.256 e. The van der Waals surface area contributed by atoms with Crippen LogP contribution in [0.15, 0.2) is 36.4 Å². The van der Waals surface area contributed by atoms with Crippen molar-refractivity contribution < 1.29 is 14.3 Å². The molecule has 1 atom stereocenters. The Labute approximate surface area is 144 Å². The van der Waals surface area contributed by atoms with Gasteiger partial charge in [0.05, 0.1) is 6.61 Å². The molecule has 1 N–H and O–H groups in total. The fourth-order valence-electron chi connectivity index (χ4n) is 2.41. The van der Waals surface area contributed by atoms with Crippen LogP contribution < -0.4 is 10.1 Å². The number of ether oxygens (including phenoxy) is 2. The van der Waals surface area contributed by atoms with E-state index >= 15 is 0 Å². The lowest BCUT2D eigenvalue weighted by Crippen LogP contribution is -2.41. The second-order valence-electron chi connectivity index (χ2n) is 6.60. The Kier molecular flexibility index (Phi) is 5.84. The van der Waals surface area contributed by atoms with Gasteiger partial charge in [-0.2, -0.15) is 0 Å². The molecular formula is C20H27NO3. The van der Waals surface area contributed by atoms with E-state index in [0.717, 1.165) is 22.2 Å². The number of carbonyl (C=O) groups is 1. The van der Waals surface area contributed by atoms with E-state index in [4.69, 9.17) is 9.47 Å². The van der Waals surface area contributed by atoms with Gasteiger partial charge in [0.2, 0.25) is 0 Å². The number of rotatable bonds is 7. The van der Waals surface area contributed by atoms with Crippen molar-refractivity contribution in [1.29, 1.82) is 0 Å². The first-order valence-electron chi connectivity index (χ1n) is 8.42. The van der Waals surface area contributed by atoms with Gasteiger partial charge >= 0.3 is 0 Å². The summed E-state index contributed by atoms with van der Waals surface area (Å²) in [4.78, 5) is 12.6. The molecule has 24 heavy (non-hydrogen) atoms. The van der Waals surface area contributed by atoms with E-state index < -0.39 is 5.60 Å². The molecule has 0 aliphatic carbocycles. The fourth-order valence-corrected chi connectivity index (χ4v) is 2.41. The van der Waals surface area contributed by atoms with Crippen molar-refractivity contribution in [3.8, 4) is 5.75 Å². The third kappa shape index (κ3) is 3.88. The molecule has 0 aromatic heterocycles. The molecule has 0 fully saturated rings. The van der Waals surface area contributed by atoms with Gasteiger partial charge in [0, 0.05) is 23.6 Å². The minimum Gasteiger partial charge on any atom is -0.493 e. The first-order valence-corrected chi connectivity index (χ1v) is 8.42. The van der Waals surface area contributed by atoms with Crippen LogP contribution in [0.25, 0.3) is 10.8 Å². The molecule has 2 aromatic rings. The maximum atomic E-state index is 12.6. The zero-order valence-electron chi connectivity index (χ0n) is 15.2. The molecule has 2 aromatic carbocycles. The van der Waals surface area contributed by atoms with Gasteiger partial charge in [-0.3, -0.25) is 4.79 Å². The largest absolute Gasteiger partial charge is 0.493 e. The summed E-state index contributed by atoms with van der Waals surface area (Å²) in [6.07, 6.45) is 0.600. The number of benzene rings is 2. The Hall–Kier alpha value is -2.07. The molecule has 4 heteroatoms. The monoisotopic (exact) mass is 329 g/mol. The molecule has 130 valence electrons. The van der Waals surface area contributed by atoms with Crippen LogP contribution in [-0.4, -0.2) is 25.2 Å². The van der Waals surface area contributed by atoms with Crippen LogP contribution in [0.1, 0.15) is 34.1 Å². The fraction of sp³-hybridized carbons (Fsp3) is 0.450. The zero-order valence-corrected chi connectivity index (χ0v) is 15.2. The van der Waals surface area contributed by atoms with Crippen molar-refractivity contribution in [2.75, 3.05) is 19.0 Å². The predicted molar refractivity (Wildman–Crippen MR) is 98.6 cm³/mol. The van der Waals surface area contributed by atoms with Crippen molar-refractivity contribution in [1.82, 2.24) is 0 Å². The van der Waals surface area contributed by atoms with Gasteiger partial charge in [-0.15, -0.1) is 0 Å². The van der Waals surface area contributed by atoms with Crippen LogP contribution in [-0.2, 0) is 9.53 Å². The summed E-state index contributed by atoms with van der Waals surface area (Å²) in [6.45, 7) is 8.63. The van der Waals surface area contributed by atoms with Crippen LogP contribution in [0.4, 0.5) is 5.69 Å². The van der Waals surface area contributed by atoms with Gasteiger partial charge in [0.25, 0.3) is 5.91 Å². The van der Waals surface area contributed by atoms with E-state index in [-0.39, 0.29) is 5.91 Å². The highest BCUT2D eigenvalue weighted by Gasteiger charge is 2.31. The average Bonchev–Trinajstić information content (AvgIpc) is 2.60. The van der Waals surface area contributed by atoms with Gasteiger partial charge in [0.1, 0.15) is 11.4 Å². The first-order chi connectivity index (χ1) is 11.4. The van der Waals surface area contributed by atoms with E-state index in [0.29, 0.717) is 18.9 Å². The second-order valence-corrected chi connectivity index (χ2v) is 6.60. The first kappa shape index (κ1) is 18.3. The molecule has 0 heterocycles. The van der Waals surface area contributed by atoms with Crippen LogP contribution in [0.2, 0.25) is 0 Å². The van der Waals surface area contributed by atoms with Crippen molar-refractivity contribution in [3.63, 3.8) is 0 Å². The Morgan fingerprint density at radius 1 is 1.17 bits per heavy atom. The summed E-state index contributed by atoms with van der Waals surface area (Å²) in [5.41, 5.74) is -0.0716. The maximum absolute atomic E-state index is 12.6. The molecular weight excluding hydrogens is 302 g/mol. The third-order valence-corrected chi connectivity index (χ3v) is 4.31. The highest BCUT2D eigenvalue weighted by atomic mass is 16.5. The predicted octanol–water partition coefficient (Wildman–Crippen LogP) is 4.63. The third-order valence-electron chi connectivity index (χ3n) is 4.31. The van der Waals surface area contributed by atoms with E-state index in [2.05, 4.69) is 19.2 Å². The van der Waals surface area contributed by atoms with Crippen LogP contribution in [0, 0.1) is 5.92 Å². The summed E-state index contributed by atoms with van der Waals surface area (Å²) < 4.78 is 11.3. The number of carbonyl (C=O) groups excluding carboxylic acids is 1. The van der Waals surface area contributed by atoms with Crippen molar-refractivity contribution in [2.45, 2.75) is 39.7 Å². The van der Waals surface area contributed by atoms with Crippen LogP contribution >= 0.6 is 0 Å². The Bertz CT molecular complexity index is 705. The summed E-state index contributed by atoms with van der Waals surface area (Å²) in [5, 5.41) is 4.95. The molecule has 0 radical (unpaired) electrons. The lowest BCUT2D eigenvalue weighted by atomic mass is 10.0. The Morgan fingerprint density at radius 3 is 2.42 bits per heavy atom. The number of nitrogens with one attached hydrogen (secondary N) is 1. The van der Waals surface area contributed by atoms with Gasteiger partial charge in [-0.25, -0.2) is 0 Å². The highest BCUT2D eigenvalue weighted by Crippen LogP contribution is 2.32. The van der Waals surface area contributed by atoms with Crippen LogP contribution in [0.3, 0.4) is 0 Å². The Balaban J connectivity index is 2.36. The topological polar surface area (TPSA) is 47.6 Å². The molecule has 0 aliphatic rings. The normalized spacial score (nSPS) is 13.8. The van der Waals surface area contributed by atoms with Crippen molar-refractivity contribution in [2.24, 2.45) is 5.92 Å². The number of fused-ring (bicyclic) bond motifs is 1.